The zero-order valence-electron chi connectivity index (χ0n) is 9.42. The fourth-order valence-electron chi connectivity index (χ4n) is 1.74. The fraction of sp³-hybridized carbons (Fsp3) is 1.00. The van der Waals surface area contributed by atoms with E-state index in [0.29, 0.717) is 0 Å². The Morgan fingerprint density at radius 1 is 1.21 bits per heavy atom. The molecule has 0 aliphatic heterocycles. The minimum Gasteiger partial charge on any atom is -0.393 e. The third kappa shape index (κ3) is 4.94. The molecular weight excluding hydrogens is 176 g/mol. The Kier molecular flexibility index (Phi) is 5.45. The zero-order valence-corrected chi connectivity index (χ0v) is 9.42. The van der Waals surface area contributed by atoms with Crippen LogP contribution in [-0.4, -0.2) is 37.4 Å². The van der Waals surface area contributed by atoms with E-state index in [4.69, 9.17) is 5.11 Å². The molecule has 0 spiro atoms. The third-order valence-electron chi connectivity index (χ3n) is 2.67. The van der Waals surface area contributed by atoms with Crippen molar-refractivity contribution in [3.8, 4) is 0 Å². The second kappa shape index (κ2) is 6.38. The number of nitrogens with one attached hydrogen (secondary N) is 2. The lowest BCUT2D eigenvalue weighted by atomic mass is 9.82. The van der Waals surface area contributed by atoms with Gasteiger partial charge in [-0.05, 0) is 37.8 Å². The zero-order chi connectivity index (χ0) is 10.4. The molecule has 0 aromatic heterocycles. The van der Waals surface area contributed by atoms with Crippen molar-refractivity contribution in [2.24, 2.45) is 11.8 Å². The van der Waals surface area contributed by atoms with Crippen LogP contribution in [0.2, 0.25) is 0 Å². The van der Waals surface area contributed by atoms with Crippen LogP contribution in [0.25, 0.3) is 0 Å². The molecule has 1 saturated carbocycles. The minimum atomic E-state index is -0.0131. The highest BCUT2D eigenvalue weighted by Crippen LogP contribution is 2.25. The summed E-state index contributed by atoms with van der Waals surface area (Å²) in [4.78, 5) is 0. The Morgan fingerprint density at radius 3 is 2.43 bits per heavy atom. The summed E-state index contributed by atoms with van der Waals surface area (Å²) in [5.74, 6) is 1.45. The van der Waals surface area contributed by atoms with Gasteiger partial charge in [0.1, 0.15) is 0 Å². The average Bonchev–Trinajstić information content (AvgIpc) is 2.07. The molecule has 3 heteroatoms. The molecule has 0 radical (unpaired) electrons. The van der Waals surface area contributed by atoms with Gasteiger partial charge in [0, 0.05) is 13.1 Å². The summed E-state index contributed by atoms with van der Waals surface area (Å²) in [5, 5.41) is 15.9. The van der Waals surface area contributed by atoms with Gasteiger partial charge in [0.15, 0.2) is 0 Å². The number of aliphatic hydroxyl groups is 1. The maximum Gasteiger partial charge on any atom is 0.0546 e. The largest absolute Gasteiger partial charge is 0.393 e. The number of aliphatic hydroxyl groups excluding tert-OH is 1. The van der Waals surface area contributed by atoms with Gasteiger partial charge < -0.3 is 15.7 Å². The van der Waals surface area contributed by atoms with Gasteiger partial charge in [0.25, 0.3) is 0 Å². The number of hydrogen-bond acceptors (Lipinski definition) is 3. The van der Waals surface area contributed by atoms with E-state index in [1.165, 1.54) is 0 Å². The van der Waals surface area contributed by atoms with Crippen molar-refractivity contribution in [3.05, 3.63) is 0 Å². The van der Waals surface area contributed by atoms with E-state index in [-0.39, 0.29) is 6.10 Å². The van der Waals surface area contributed by atoms with E-state index in [1.54, 1.807) is 0 Å². The lowest BCUT2D eigenvalue weighted by Gasteiger charge is -2.31. The van der Waals surface area contributed by atoms with Gasteiger partial charge >= 0.3 is 0 Å². The summed E-state index contributed by atoms with van der Waals surface area (Å²) in [5.41, 5.74) is 0. The summed E-state index contributed by atoms with van der Waals surface area (Å²) in [6.45, 7) is 8.70. The Morgan fingerprint density at radius 2 is 1.86 bits per heavy atom. The van der Waals surface area contributed by atoms with Crippen LogP contribution in [0.4, 0.5) is 0 Å². The highest BCUT2D eigenvalue weighted by molar-refractivity contribution is 4.79. The fourth-order valence-corrected chi connectivity index (χ4v) is 1.74. The lowest BCUT2D eigenvalue weighted by molar-refractivity contribution is 0.0432. The topological polar surface area (TPSA) is 44.3 Å². The molecule has 1 aliphatic carbocycles. The van der Waals surface area contributed by atoms with Crippen molar-refractivity contribution in [2.45, 2.75) is 32.8 Å². The summed E-state index contributed by atoms with van der Waals surface area (Å²) in [6, 6.07) is 0. The van der Waals surface area contributed by atoms with E-state index in [9.17, 15) is 0 Å². The van der Waals surface area contributed by atoms with E-state index >= 15 is 0 Å². The molecule has 1 rings (SSSR count). The highest BCUT2D eigenvalue weighted by Gasteiger charge is 2.26. The Labute approximate surface area is 87.3 Å². The maximum absolute atomic E-state index is 9.08. The molecule has 0 atom stereocenters. The molecule has 0 aromatic carbocycles. The molecule has 0 saturated heterocycles. The molecule has 0 heterocycles. The van der Waals surface area contributed by atoms with Crippen LogP contribution in [0.5, 0.6) is 0 Å². The first-order chi connectivity index (χ1) is 6.68. The van der Waals surface area contributed by atoms with Gasteiger partial charge in [-0.25, -0.2) is 0 Å². The smallest absolute Gasteiger partial charge is 0.0546 e. The van der Waals surface area contributed by atoms with Crippen molar-refractivity contribution in [2.75, 3.05) is 26.2 Å². The molecule has 0 aromatic rings. The van der Waals surface area contributed by atoms with Crippen molar-refractivity contribution in [1.29, 1.82) is 0 Å². The van der Waals surface area contributed by atoms with Crippen LogP contribution in [0.1, 0.15) is 26.7 Å². The van der Waals surface area contributed by atoms with Crippen molar-refractivity contribution < 1.29 is 5.11 Å². The van der Waals surface area contributed by atoms with Crippen LogP contribution >= 0.6 is 0 Å². The van der Waals surface area contributed by atoms with Gasteiger partial charge in [-0.1, -0.05) is 13.8 Å². The quantitative estimate of drug-likeness (QED) is 0.527. The summed E-state index contributed by atoms with van der Waals surface area (Å²) >= 11 is 0. The first-order valence-electron chi connectivity index (χ1n) is 5.78. The van der Waals surface area contributed by atoms with Crippen LogP contribution in [0.15, 0.2) is 0 Å². The van der Waals surface area contributed by atoms with E-state index in [1.807, 2.05) is 0 Å². The van der Waals surface area contributed by atoms with Gasteiger partial charge in [0.2, 0.25) is 0 Å². The summed E-state index contributed by atoms with van der Waals surface area (Å²) in [6.07, 6.45) is 1.97. The van der Waals surface area contributed by atoms with Crippen LogP contribution in [0, 0.1) is 11.8 Å². The van der Waals surface area contributed by atoms with Crippen LogP contribution in [-0.2, 0) is 0 Å². The van der Waals surface area contributed by atoms with Gasteiger partial charge in [0.05, 0.1) is 6.10 Å². The summed E-state index contributed by atoms with van der Waals surface area (Å²) in [7, 11) is 0. The second-order valence-corrected chi connectivity index (χ2v) is 4.79. The van der Waals surface area contributed by atoms with Crippen LogP contribution in [0.3, 0.4) is 0 Å². The van der Waals surface area contributed by atoms with E-state index in [0.717, 1.165) is 50.9 Å². The molecule has 1 aliphatic rings. The van der Waals surface area contributed by atoms with E-state index in [2.05, 4.69) is 24.5 Å². The summed E-state index contributed by atoms with van der Waals surface area (Å²) < 4.78 is 0. The van der Waals surface area contributed by atoms with Gasteiger partial charge in [-0.3, -0.25) is 0 Å². The number of hydrogen-bond donors (Lipinski definition) is 3. The molecule has 14 heavy (non-hydrogen) atoms. The normalized spacial score (nSPS) is 26.6. The molecular formula is C11H24N2O. The minimum absolute atomic E-state index is 0.0131. The molecule has 0 amide bonds. The predicted molar refractivity (Wildman–Crippen MR) is 59.3 cm³/mol. The van der Waals surface area contributed by atoms with Gasteiger partial charge in [-0.2, -0.15) is 0 Å². The third-order valence-corrected chi connectivity index (χ3v) is 2.67. The lowest BCUT2D eigenvalue weighted by Crippen LogP contribution is -2.38. The van der Waals surface area contributed by atoms with Crippen molar-refractivity contribution in [3.63, 3.8) is 0 Å². The second-order valence-electron chi connectivity index (χ2n) is 4.79. The molecule has 0 unspecified atom stereocenters. The molecule has 84 valence electrons. The predicted octanol–water partition coefficient (Wildman–Crippen LogP) is 0.592. The van der Waals surface area contributed by atoms with Crippen molar-refractivity contribution >= 4 is 0 Å². The highest BCUT2D eigenvalue weighted by atomic mass is 16.3. The van der Waals surface area contributed by atoms with Gasteiger partial charge in [-0.15, -0.1) is 0 Å². The molecule has 3 nitrogen and oxygen atoms in total. The molecule has 0 bridgehead atoms. The molecule has 3 N–H and O–H groups in total. The maximum atomic E-state index is 9.08. The first-order valence-corrected chi connectivity index (χ1v) is 5.78. The van der Waals surface area contributed by atoms with Crippen molar-refractivity contribution in [1.82, 2.24) is 10.6 Å². The SMILES string of the molecule is CC(C)CNCCNCC1CC(O)C1. The Hall–Kier alpha value is -0.120. The monoisotopic (exact) mass is 200 g/mol. The number of rotatable bonds is 7. The standard InChI is InChI=1S/C11H24N2O/c1-9(2)7-12-3-4-13-8-10-5-11(14)6-10/h9-14H,3-8H2,1-2H3. The van der Waals surface area contributed by atoms with Crippen LogP contribution < -0.4 is 10.6 Å². The Balaban J connectivity index is 1.76. The average molecular weight is 200 g/mol. The first kappa shape index (κ1) is 12.0. The van der Waals surface area contributed by atoms with E-state index < -0.39 is 0 Å². The Bertz CT molecular complexity index is 144. The molecule has 1 fully saturated rings.